The lowest BCUT2D eigenvalue weighted by molar-refractivity contribution is -0.190. The van der Waals surface area contributed by atoms with Crippen LogP contribution in [-0.2, 0) is 51.2 Å². The summed E-state index contributed by atoms with van der Waals surface area (Å²) in [6, 6.07) is 3.58. The van der Waals surface area contributed by atoms with Crippen LogP contribution in [0.25, 0.3) is 22.6 Å². The number of unbranched alkanes of at least 4 members (excludes halogenated alkanes) is 5. The van der Waals surface area contributed by atoms with Gasteiger partial charge >= 0.3 is 29.6 Å². The molecule has 0 N–H and O–H groups in total. The van der Waals surface area contributed by atoms with Crippen molar-refractivity contribution in [3.63, 3.8) is 0 Å². The number of rotatable bonds is 16. The summed E-state index contributed by atoms with van der Waals surface area (Å²) in [6.07, 6.45) is 1.54. The minimum atomic E-state index is -1.48. The van der Waals surface area contributed by atoms with Gasteiger partial charge in [-0.25, -0.2) is 9.78 Å². The fourth-order valence-corrected chi connectivity index (χ4v) is 5.35. The van der Waals surface area contributed by atoms with E-state index < -0.39 is 60.0 Å². The highest BCUT2D eigenvalue weighted by Crippen LogP contribution is 2.26. The van der Waals surface area contributed by atoms with E-state index in [9.17, 15) is 28.8 Å². The lowest BCUT2D eigenvalue weighted by atomic mass is 10.1. The molecule has 0 spiro atoms. The van der Waals surface area contributed by atoms with Gasteiger partial charge in [0.05, 0.1) is 17.6 Å². The maximum atomic E-state index is 13.8. The predicted molar refractivity (Wildman–Crippen MR) is 171 cm³/mol. The Kier molecular flexibility index (Phi) is 13.2. The molecule has 0 saturated carbocycles. The molecule has 1 aromatic rings. The zero-order valence-electron chi connectivity index (χ0n) is 28.1. The second-order valence-electron chi connectivity index (χ2n) is 11.6. The first-order valence-electron chi connectivity index (χ1n) is 15.8. The smallest absolute Gasteiger partial charge is 0.352 e. The van der Waals surface area contributed by atoms with Crippen molar-refractivity contribution >= 4 is 34.9 Å². The van der Waals surface area contributed by atoms with E-state index in [1.165, 1.54) is 4.57 Å². The number of hydrogen-bond donors (Lipinski definition) is 0. The summed E-state index contributed by atoms with van der Waals surface area (Å²) < 4.78 is 24.2. The third-order valence-corrected chi connectivity index (χ3v) is 7.68. The van der Waals surface area contributed by atoms with Crippen LogP contribution in [0.1, 0.15) is 84.3 Å². The van der Waals surface area contributed by atoms with E-state index in [1.807, 2.05) is 13.8 Å². The first-order chi connectivity index (χ1) is 22.2. The van der Waals surface area contributed by atoms with Gasteiger partial charge in [-0.2, -0.15) is 4.98 Å². The van der Waals surface area contributed by atoms with Crippen molar-refractivity contribution in [2.24, 2.45) is 0 Å². The number of nitrogens with zero attached hydrogens (tertiary/aromatic N) is 4. The van der Waals surface area contributed by atoms with Crippen LogP contribution in [0.5, 0.6) is 0 Å². The van der Waals surface area contributed by atoms with Crippen LogP contribution in [-0.4, -0.2) is 67.9 Å². The molecule has 14 heteroatoms. The van der Waals surface area contributed by atoms with Gasteiger partial charge in [0, 0.05) is 34.2 Å². The van der Waals surface area contributed by atoms with Crippen LogP contribution in [0.3, 0.4) is 0 Å². The van der Waals surface area contributed by atoms with Crippen LogP contribution in [0, 0.1) is 13.8 Å². The normalized spacial score (nSPS) is 13.2. The maximum Gasteiger partial charge on any atom is 0.352 e. The highest BCUT2D eigenvalue weighted by molar-refractivity contribution is 5.81. The Morgan fingerprint density at radius 1 is 0.745 bits per heavy atom. The molecule has 0 unspecified atom stereocenters. The van der Waals surface area contributed by atoms with E-state index in [0.717, 1.165) is 75.5 Å². The molecule has 0 fully saturated rings. The zero-order valence-corrected chi connectivity index (χ0v) is 28.1. The van der Waals surface area contributed by atoms with Crippen LogP contribution in [0.15, 0.2) is 21.7 Å². The molecule has 256 valence electrons. The van der Waals surface area contributed by atoms with Crippen molar-refractivity contribution in [1.29, 1.82) is 0 Å². The van der Waals surface area contributed by atoms with Gasteiger partial charge in [-0.05, 0) is 43.5 Å². The third kappa shape index (κ3) is 9.93. The Labute approximate surface area is 272 Å². The van der Waals surface area contributed by atoms with Gasteiger partial charge in [-0.1, -0.05) is 39.0 Å². The molecular weight excluding hydrogens is 612 g/mol. The van der Waals surface area contributed by atoms with Gasteiger partial charge in [-0.15, -0.1) is 0 Å². The van der Waals surface area contributed by atoms with Gasteiger partial charge < -0.3 is 23.5 Å². The quantitative estimate of drug-likeness (QED) is 0.0953. The predicted octanol–water partition coefficient (Wildman–Crippen LogP) is 3.39. The molecule has 2 aliphatic heterocycles. The minimum Gasteiger partial charge on any atom is -0.462 e. The van der Waals surface area contributed by atoms with E-state index in [4.69, 9.17) is 18.9 Å². The molecule has 0 radical (unpaired) electrons. The van der Waals surface area contributed by atoms with Crippen molar-refractivity contribution in [2.45, 2.75) is 118 Å². The molecule has 0 aromatic heterocycles. The lowest BCUT2D eigenvalue weighted by Crippen LogP contribution is -2.49. The molecule has 0 amide bonds. The number of hydrogen-bond acceptors (Lipinski definition) is 12. The molecule has 0 saturated heterocycles. The highest BCUT2D eigenvalue weighted by atomic mass is 16.6. The van der Waals surface area contributed by atoms with Crippen LogP contribution in [0.2, 0.25) is 0 Å². The van der Waals surface area contributed by atoms with E-state index >= 15 is 0 Å². The van der Waals surface area contributed by atoms with Gasteiger partial charge in [0.2, 0.25) is 0 Å². The highest BCUT2D eigenvalue weighted by Gasteiger charge is 2.39. The Balaban J connectivity index is 2.22. The Hall–Kier alpha value is -4.62. The summed E-state index contributed by atoms with van der Waals surface area (Å²) in [7, 11) is 0. The van der Waals surface area contributed by atoms with Crippen LogP contribution >= 0.6 is 0 Å². The molecule has 2 aliphatic rings. The van der Waals surface area contributed by atoms with Crippen molar-refractivity contribution in [2.75, 3.05) is 6.61 Å². The lowest BCUT2D eigenvalue weighted by Gasteiger charge is -2.32. The average molecular weight is 657 g/mol. The summed E-state index contributed by atoms with van der Waals surface area (Å²) in [5.74, 6) is -3.11. The zero-order chi connectivity index (χ0) is 34.8. The monoisotopic (exact) mass is 656 g/mol. The number of carbonyl (C=O) groups excluding carboxylic acids is 4. The molecule has 3 rings (SSSR count). The molecule has 47 heavy (non-hydrogen) atoms. The first-order valence-corrected chi connectivity index (χ1v) is 15.8. The summed E-state index contributed by atoms with van der Waals surface area (Å²) in [5.41, 5.74) is 1.16. The van der Waals surface area contributed by atoms with Crippen LogP contribution < -0.4 is 11.2 Å². The molecule has 0 aliphatic carbocycles. The molecular formula is C33H44N4O10. The Morgan fingerprint density at radius 3 is 1.96 bits per heavy atom. The molecule has 1 aromatic carbocycles. The third-order valence-electron chi connectivity index (χ3n) is 7.68. The molecule has 0 bridgehead atoms. The largest absolute Gasteiger partial charge is 0.462 e. The van der Waals surface area contributed by atoms with E-state index in [-0.39, 0.29) is 24.6 Å². The fourth-order valence-electron chi connectivity index (χ4n) is 5.35. The molecule has 14 nitrogen and oxygen atoms in total. The second-order valence-corrected chi connectivity index (χ2v) is 11.6. The Morgan fingerprint density at radius 2 is 1.34 bits per heavy atom. The summed E-state index contributed by atoms with van der Waals surface area (Å²) in [5, 5.41) is 0. The maximum absolute atomic E-state index is 13.8. The van der Waals surface area contributed by atoms with Crippen molar-refractivity contribution in [3.05, 3.63) is 44.1 Å². The van der Waals surface area contributed by atoms with Crippen molar-refractivity contribution in [1.82, 2.24) is 19.1 Å². The summed E-state index contributed by atoms with van der Waals surface area (Å²) in [6.45, 7) is 9.75. The van der Waals surface area contributed by atoms with E-state index in [0.29, 0.717) is 17.5 Å². The number of fused-ring (bicyclic) bond motifs is 2. The van der Waals surface area contributed by atoms with Crippen LogP contribution in [0.4, 0.5) is 0 Å². The first kappa shape index (κ1) is 36.8. The number of ether oxygens (including phenoxy) is 4. The van der Waals surface area contributed by atoms with E-state index in [1.54, 1.807) is 12.1 Å². The molecule has 2 heterocycles. The SMILES string of the molecule is CCCCCCCCn1c(=O)nc2n(C[C@H](OC(C)=O)[C@H](OC(C)=O)[C@@H](COC(C)=O)OC(C)=O)c3cc(C)c(C)cc3nc-2c1=O. The second kappa shape index (κ2) is 16.8. The number of carbonyl (C=O) groups is 4. The summed E-state index contributed by atoms with van der Waals surface area (Å²) in [4.78, 5) is 84.4. The molecule has 3 atom stereocenters. The number of esters is 4. The fraction of sp³-hybridized carbons (Fsp3) is 0.576. The van der Waals surface area contributed by atoms with Gasteiger partial charge in [-0.3, -0.25) is 28.5 Å². The minimum absolute atomic E-state index is 0.0716. The standard InChI is InChI=1S/C33H44N4O10/c1-8-9-10-11-12-13-14-36-32(42)29-31(35-33(36)43)37(26-16-20(3)19(2)15-25(26)34-29)17-27(45-22(5)39)30(47-24(7)41)28(46-23(6)40)18-44-21(4)38/h15-16,27-28,30H,8-14,17-18H2,1-7H3/t27-,28+,30-/m0/s1. The van der Waals surface area contributed by atoms with E-state index in [2.05, 4.69) is 16.9 Å². The van der Waals surface area contributed by atoms with Crippen molar-refractivity contribution < 1.29 is 38.1 Å². The average Bonchev–Trinajstić information content (AvgIpc) is 2.97. The topological polar surface area (TPSA) is 175 Å². The number of aryl methyl sites for hydroxylation is 2. The summed E-state index contributed by atoms with van der Waals surface area (Å²) >= 11 is 0. The van der Waals surface area contributed by atoms with Gasteiger partial charge in [0.15, 0.2) is 29.8 Å². The van der Waals surface area contributed by atoms with Gasteiger partial charge in [0.25, 0.3) is 5.56 Å². The number of aromatic nitrogens is 4. The van der Waals surface area contributed by atoms with Gasteiger partial charge in [0.1, 0.15) is 6.61 Å². The van der Waals surface area contributed by atoms with Crippen molar-refractivity contribution in [3.8, 4) is 11.5 Å². The number of benzene rings is 1. The Bertz CT molecular complexity index is 1700.